The number of benzene rings is 1. The van der Waals surface area contributed by atoms with E-state index in [4.69, 9.17) is 11.6 Å². The first-order valence-electron chi connectivity index (χ1n) is 7.25. The number of hydrogen-bond acceptors (Lipinski definition) is 4. The first-order chi connectivity index (χ1) is 11.5. The van der Waals surface area contributed by atoms with Crippen molar-refractivity contribution >= 4 is 38.6 Å². The smallest absolute Gasteiger partial charge is 0.287 e. The Kier molecular flexibility index (Phi) is 5.37. The van der Waals surface area contributed by atoms with E-state index >= 15 is 0 Å². The standard InChI is InChI=1S/C14H8ClF3O3S2.C2H6/c1-23(20,21)13-10-9(5-14(17,18)12(10)19)11(22-13)6-2-7(15)4-8(16)3-6;1-2/h2-4H,5H2,1H3;1-2H3. The van der Waals surface area contributed by atoms with Crippen LogP contribution in [0.5, 0.6) is 0 Å². The first kappa shape index (κ1) is 19.9. The highest BCUT2D eigenvalue weighted by Crippen LogP contribution is 2.48. The fourth-order valence-electron chi connectivity index (χ4n) is 2.50. The lowest BCUT2D eigenvalue weighted by Crippen LogP contribution is -2.24. The Morgan fingerprint density at radius 2 is 1.80 bits per heavy atom. The average molecular weight is 411 g/mol. The molecule has 0 amide bonds. The lowest BCUT2D eigenvalue weighted by molar-refractivity contribution is 0.0166. The summed E-state index contributed by atoms with van der Waals surface area (Å²) in [6.07, 6.45) is -0.0676. The van der Waals surface area contributed by atoms with Gasteiger partial charge in [0.1, 0.15) is 10.0 Å². The molecule has 1 aliphatic rings. The fourth-order valence-corrected chi connectivity index (χ4v) is 5.21. The number of Topliss-reactive ketones (excluding diaryl/α,β-unsaturated/α-hetero) is 1. The number of alkyl halides is 2. The van der Waals surface area contributed by atoms with Gasteiger partial charge in [0.15, 0.2) is 9.84 Å². The zero-order valence-electron chi connectivity index (χ0n) is 13.5. The van der Waals surface area contributed by atoms with Crippen molar-refractivity contribution < 1.29 is 26.4 Å². The predicted molar refractivity (Wildman–Crippen MR) is 92.2 cm³/mol. The molecule has 0 radical (unpaired) electrons. The van der Waals surface area contributed by atoms with Crippen LogP contribution >= 0.6 is 22.9 Å². The van der Waals surface area contributed by atoms with Gasteiger partial charge in [-0.15, -0.1) is 11.3 Å². The van der Waals surface area contributed by atoms with Crippen LogP contribution in [0, 0.1) is 5.82 Å². The van der Waals surface area contributed by atoms with Gasteiger partial charge in [-0.2, -0.15) is 8.78 Å². The molecule has 0 atom stereocenters. The summed E-state index contributed by atoms with van der Waals surface area (Å²) in [6, 6.07) is 3.44. The molecule has 1 heterocycles. The van der Waals surface area contributed by atoms with E-state index in [1.165, 1.54) is 6.07 Å². The number of hydrogen-bond donors (Lipinski definition) is 0. The molecule has 9 heteroatoms. The molecule has 3 rings (SSSR count). The fraction of sp³-hybridized carbons (Fsp3) is 0.312. The Labute approximate surface area is 152 Å². The van der Waals surface area contributed by atoms with Gasteiger partial charge in [-0.3, -0.25) is 4.79 Å². The summed E-state index contributed by atoms with van der Waals surface area (Å²) >= 11 is 6.44. The monoisotopic (exact) mass is 410 g/mol. The quantitative estimate of drug-likeness (QED) is 0.699. The molecule has 3 nitrogen and oxygen atoms in total. The zero-order valence-corrected chi connectivity index (χ0v) is 15.9. The van der Waals surface area contributed by atoms with Crippen molar-refractivity contribution in [1.29, 1.82) is 0 Å². The van der Waals surface area contributed by atoms with E-state index in [-0.39, 0.29) is 21.0 Å². The number of ketones is 1. The number of halogens is 4. The minimum Gasteiger partial charge on any atom is -0.287 e. The normalized spacial score (nSPS) is 15.6. The van der Waals surface area contributed by atoms with Crippen molar-refractivity contribution in [1.82, 2.24) is 0 Å². The van der Waals surface area contributed by atoms with Crippen molar-refractivity contribution in [3.05, 3.63) is 40.2 Å². The molecule has 0 aliphatic heterocycles. The maximum atomic E-state index is 13.7. The van der Waals surface area contributed by atoms with Gasteiger partial charge in [0.25, 0.3) is 0 Å². The Bertz CT molecular complexity index is 930. The molecule has 1 aromatic carbocycles. The lowest BCUT2D eigenvalue weighted by atomic mass is 10.1. The third-order valence-electron chi connectivity index (χ3n) is 3.39. The van der Waals surface area contributed by atoms with E-state index in [9.17, 15) is 26.4 Å². The average Bonchev–Trinajstić information content (AvgIpc) is 2.95. The molecule has 2 aromatic rings. The third-order valence-corrected chi connectivity index (χ3v) is 6.72. The highest BCUT2D eigenvalue weighted by molar-refractivity contribution is 7.93. The number of thiophene rings is 1. The van der Waals surface area contributed by atoms with Crippen LogP contribution in [0.15, 0.2) is 22.4 Å². The Hall–Kier alpha value is -1.38. The lowest BCUT2D eigenvalue weighted by Gasteiger charge is -2.07. The molecule has 1 aromatic heterocycles. The molecule has 136 valence electrons. The van der Waals surface area contributed by atoms with Crippen molar-refractivity contribution in [3.8, 4) is 10.4 Å². The zero-order chi connectivity index (χ0) is 19.2. The summed E-state index contributed by atoms with van der Waals surface area (Å²) in [6.45, 7) is 4.00. The van der Waals surface area contributed by atoms with Gasteiger partial charge in [-0.1, -0.05) is 25.4 Å². The number of rotatable bonds is 2. The second-order valence-electron chi connectivity index (χ2n) is 5.21. The molecule has 0 unspecified atom stereocenters. The summed E-state index contributed by atoms with van der Waals surface area (Å²) in [5.41, 5.74) is -0.401. The highest BCUT2D eigenvalue weighted by atomic mass is 35.5. The van der Waals surface area contributed by atoms with Crippen molar-refractivity contribution in [2.75, 3.05) is 6.26 Å². The predicted octanol–water partition coefficient (Wildman–Crippen LogP) is 5.01. The molecular formula is C16H14ClF3O3S2. The molecule has 0 saturated heterocycles. The number of sulfone groups is 1. The Balaban J connectivity index is 0.00000109. The van der Waals surface area contributed by atoms with Crippen molar-refractivity contribution in [3.63, 3.8) is 0 Å². The van der Waals surface area contributed by atoms with Gasteiger partial charge in [0.05, 0.1) is 5.56 Å². The van der Waals surface area contributed by atoms with Crippen LogP contribution in [0.2, 0.25) is 5.02 Å². The van der Waals surface area contributed by atoms with Crippen LogP contribution in [0.25, 0.3) is 10.4 Å². The van der Waals surface area contributed by atoms with E-state index in [0.717, 1.165) is 18.4 Å². The van der Waals surface area contributed by atoms with Crippen LogP contribution < -0.4 is 0 Å². The topological polar surface area (TPSA) is 51.2 Å². The first-order valence-corrected chi connectivity index (χ1v) is 10.3. The summed E-state index contributed by atoms with van der Waals surface area (Å²) in [4.78, 5) is 12.0. The number of carbonyl (C=O) groups is 1. The highest BCUT2D eigenvalue weighted by Gasteiger charge is 2.51. The van der Waals surface area contributed by atoms with Crippen LogP contribution in [-0.2, 0) is 16.3 Å². The second kappa shape index (κ2) is 6.74. The Morgan fingerprint density at radius 1 is 1.20 bits per heavy atom. The SMILES string of the molecule is CC.CS(=O)(=O)c1sc(-c2cc(F)cc(Cl)c2)c2c1C(=O)C(F)(F)C2. The molecular weight excluding hydrogens is 397 g/mol. The molecule has 0 N–H and O–H groups in total. The van der Waals surface area contributed by atoms with Gasteiger partial charge in [-0.25, -0.2) is 12.8 Å². The van der Waals surface area contributed by atoms with Crippen molar-refractivity contribution in [2.24, 2.45) is 0 Å². The van der Waals surface area contributed by atoms with Gasteiger partial charge in [-0.05, 0) is 29.3 Å². The van der Waals surface area contributed by atoms with Gasteiger partial charge in [0, 0.05) is 22.6 Å². The van der Waals surface area contributed by atoms with Crippen molar-refractivity contribution in [2.45, 2.75) is 30.4 Å². The maximum absolute atomic E-state index is 13.7. The maximum Gasteiger partial charge on any atom is 0.313 e. The van der Waals surface area contributed by atoms with E-state index in [1.807, 2.05) is 13.8 Å². The van der Waals surface area contributed by atoms with Crippen LogP contribution in [0.1, 0.15) is 29.8 Å². The molecule has 0 fully saturated rings. The molecule has 0 bridgehead atoms. The summed E-state index contributed by atoms with van der Waals surface area (Å²) in [5, 5.41) is 0.0409. The van der Waals surface area contributed by atoms with E-state index < -0.39 is 43.6 Å². The van der Waals surface area contributed by atoms with Gasteiger partial charge >= 0.3 is 5.92 Å². The van der Waals surface area contributed by atoms with Crippen LogP contribution in [-0.4, -0.2) is 26.4 Å². The van der Waals surface area contributed by atoms with Crippen LogP contribution in [0.4, 0.5) is 13.2 Å². The molecule has 0 spiro atoms. The molecule has 25 heavy (non-hydrogen) atoms. The Morgan fingerprint density at radius 3 is 2.32 bits per heavy atom. The van der Waals surface area contributed by atoms with Gasteiger partial charge < -0.3 is 0 Å². The largest absolute Gasteiger partial charge is 0.313 e. The minimum atomic E-state index is -3.88. The van der Waals surface area contributed by atoms with E-state index in [0.29, 0.717) is 11.3 Å². The molecule has 0 saturated carbocycles. The minimum absolute atomic E-state index is 0.0409. The van der Waals surface area contributed by atoms with Crippen LogP contribution in [0.3, 0.4) is 0 Å². The van der Waals surface area contributed by atoms with Gasteiger partial charge in [0.2, 0.25) is 5.78 Å². The van der Waals surface area contributed by atoms with E-state index in [1.54, 1.807) is 0 Å². The third kappa shape index (κ3) is 3.61. The summed E-state index contributed by atoms with van der Waals surface area (Å²) in [7, 11) is -3.88. The second-order valence-corrected chi connectivity index (χ2v) is 8.88. The number of fused-ring (bicyclic) bond motifs is 1. The summed E-state index contributed by atoms with van der Waals surface area (Å²) < 4.78 is 64.3. The number of carbonyl (C=O) groups excluding carboxylic acids is 1. The molecule has 1 aliphatic carbocycles. The van der Waals surface area contributed by atoms with E-state index in [2.05, 4.69) is 0 Å². The summed E-state index contributed by atoms with van der Waals surface area (Å²) in [5.74, 6) is -5.87.